The number of piperidine rings is 1. The van der Waals surface area contributed by atoms with Gasteiger partial charge in [0.2, 0.25) is 11.8 Å². The van der Waals surface area contributed by atoms with Gasteiger partial charge in [-0.15, -0.1) is 5.10 Å². The highest BCUT2D eigenvalue weighted by Gasteiger charge is 2.48. The number of aromatic amines is 1. The van der Waals surface area contributed by atoms with Crippen molar-refractivity contribution in [2.75, 3.05) is 20.1 Å². The number of ether oxygens (including phenoxy) is 1. The van der Waals surface area contributed by atoms with Crippen molar-refractivity contribution < 1.29 is 4.74 Å². The normalized spacial score (nSPS) is 20.6. The second kappa shape index (κ2) is 5.65. The van der Waals surface area contributed by atoms with Gasteiger partial charge in [-0.05, 0) is 45.8 Å². The average Bonchev–Trinajstić information content (AvgIpc) is 2.91. The number of hydrogen-bond donors (Lipinski definition) is 2. The SMILES string of the molecule is CCCCc1[nH]nc2c1C1(CCN(C)CC1)C(C#N)=C(N)O2. The van der Waals surface area contributed by atoms with E-state index >= 15 is 0 Å². The van der Waals surface area contributed by atoms with Gasteiger partial charge in [-0.3, -0.25) is 5.10 Å². The smallest absolute Gasteiger partial charge is 0.244 e. The summed E-state index contributed by atoms with van der Waals surface area (Å²) in [5.74, 6) is 0.778. The molecule has 3 N–H and O–H groups in total. The molecule has 1 aromatic heterocycles. The van der Waals surface area contributed by atoms with E-state index in [0.717, 1.165) is 56.5 Å². The van der Waals surface area contributed by atoms with Crippen LogP contribution in [0.2, 0.25) is 0 Å². The molecule has 2 aliphatic heterocycles. The van der Waals surface area contributed by atoms with E-state index in [0.29, 0.717) is 11.5 Å². The van der Waals surface area contributed by atoms with Gasteiger partial charge < -0.3 is 15.4 Å². The molecule has 2 aliphatic rings. The van der Waals surface area contributed by atoms with Gasteiger partial charge in [0.25, 0.3) is 0 Å². The van der Waals surface area contributed by atoms with E-state index in [1.807, 2.05) is 0 Å². The molecule has 6 nitrogen and oxygen atoms in total. The fourth-order valence-corrected chi connectivity index (χ4v) is 3.64. The first kappa shape index (κ1) is 14.9. The van der Waals surface area contributed by atoms with Crippen LogP contribution < -0.4 is 10.5 Å². The van der Waals surface area contributed by atoms with Crippen LogP contribution in [0.1, 0.15) is 43.9 Å². The molecule has 0 unspecified atom stereocenters. The lowest BCUT2D eigenvalue weighted by Crippen LogP contribution is -2.45. The van der Waals surface area contributed by atoms with Gasteiger partial charge in [0.1, 0.15) is 11.6 Å². The number of aromatic nitrogens is 2. The molecule has 0 aliphatic carbocycles. The van der Waals surface area contributed by atoms with Crippen molar-refractivity contribution in [3.05, 3.63) is 22.7 Å². The Labute approximate surface area is 130 Å². The number of aryl methyl sites for hydroxylation is 1. The van der Waals surface area contributed by atoms with E-state index in [4.69, 9.17) is 10.5 Å². The molecule has 1 spiro atoms. The molecule has 6 heteroatoms. The summed E-state index contributed by atoms with van der Waals surface area (Å²) in [5, 5.41) is 17.1. The summed E-state index contributed by atoms with van der Waals surface area (Å²) in [4.78, 5) is 2.29. The maximum absolute atomic E-state index is 9.66. The zero-order chi connectivity index (χ0) is 15.7. The predicted molar refractivity (Wildman–Crippen MR) is 83.1 cm³/mol. The number of hydrogen-bond acceptors (Lipinski definition) is 5. The fraction of sp³-hybridized carbons (Fsp3) is 0.625. The number of unbranched alkanes of at least 4 members (excludes halogenated alkanes) is 1. The van der Waals surface area contributed by atoms with Crippen molar-refractivity contribution in [2.45, 2.75) is 44.4 Å². The Hall–Kier alpha value is -2.00. The maximum Gasteiger partial charge on any atom is 0.244 e. The maximum atomic E-state index is 9.66. The number of nitrogens with one attached hydrogen (secondary N) is 1. The third-order valence-corrected chi connectivity index (χ3v) is 4.95. The number of nitrogens with two attached hydrogens (primary N) is 1. The lowest BCUT2D eigenvalue weighted by molar-refractivity contribution is 0.197. The van der Waals surface area contributed by atoms with Crippen molar-refractivity contribution in [2.24, 2.45) is 5.73 Å². The largest absolute Gasteiger partial charge is 0.420 e. The van der Waals surface area contributed by atoms with Crippen molar-refractivity contribution in [3.63, 3.8) is 0 Å². The lowest BCUT2D eigenvalue weighted by atomic mass is 9.66. The third-order valence-electron chi connectivity index (χ3n) is 4.95. The van der Waals surface area contributed by atoms with E-state index < -0.39 is 0 Å². The minimum atomic E-state index is -0.338. The number of fused-ring (bicyclic) bond motifs is 2. The monoisotopic (exact) mass is 301 g/mol. The Morgan fingerprint density at radius 3 is 2.82 bits per heavy atom. The summed E-state index contributed by atoms with van der Waals surface area (Å²) < 4.78 is 5.63. The highest BCUT2D eigenvalue weighted by Crippen LogP contribution is 2.49. The molecule has 0 saturated carbocycles. The number of H-pyrrole nitrogens is 1. The van der Waals surface area contributed by atoms with Gasteiger partial charge in [0, 0.05) is 16.7 Å². The highest BCUT2D eigenvalue weighted by molar-refractivity contribution is 5.54. The van der Waals surface area contributed by atoms with Gasteiger partial charge in [0.15, 0.2) is 0 Å². The summed E-state index contributed by atoms with van der Waals surface area (Å²) in [5.41, 5.74) is 8.43. The van der Waals surface area contributed by atoms with E-state index in [2.05, 4.69) is 35.1 Å². The first-order valence-corrected chi connectivity index (χ1v) is 7.97. The Morgan fingerprint density at radius 2 is 2.18 bits per heavy atom. The minimum Gasteiger partial charge on any atom is -0.420 e. The topological polar surface area (TPSA) is 91.0 Å². The second-order valence-electron chi connectivity index (χ2n) is 6.32. The van der Waals surface area contributed by atoms with E-state index in [1.165, 1.54) is 0 Å². The molecule has 0 atom stereocenters. The Morgan fingerprint density at radius 1 is 1.45 bits per heavy atom. The van der Waals surface area contributed by atoms with Crippen molar-refractivity contribution in [1.29, 1.82) is 5.26 Å². The fourth-order valence-electron chi connectivity index (χ4n) is 3.64. The first-order valence-electron chi connectivity index (χ1n) is 7.97. The molecular weight excluding hydrogens is 278 g/mol. The predicted octanol–water partition coefficient (Wildman–Crippen LogP) is 1.80. The van der Waals surface area contributed by atoms with Crippen molar-refractivity contribution in [3.8, 4) is 11.9 Å². The van der Waals surface area contributed by atoms with Crippen LogP contribution in [-0.2, 0) is 11.8 Å². The van der Waals surface area contributed by atoms with Crippen LogP contribution in [0.25, 0.3) is 0 Å². The molecular formula is C16H23N5O. The quantitative estimate of drug-likeness (QED) is 0.888. The van der Waals surface area contributed by atoms with Crippen LogP contribution in [0.5, 0.6) is 5.88 Å². The molecule has 118 valence electrons. The van der Waals surface area contributed by atoms with Crippen molar-refractivity contribution >= 4 is 0 Å². The summed E-state index contributed by atoms with van der Waals surface area (Å²) in [7, 11) is 2.11. The molecule has 22 heavy (non-hydrogen) atoms. The van der Waals surface area contributed by atoms with Gasteiger partial charge in [0.05, 0.1) is 0 Å². The van der Waals surface area contributed by atoms with Crippen LogP contribution in [0.4, 0.5) is 0 Å². The summed E-state index contributed by atoms with van der Waals surface area (Å²) in [6.07, 6.45) is 4.89. The lowest BCUT2D eigenvalue weighted by Gasteiger charge is -2.42. The van der Waals surface area contributed by atoms with Crippen LogP contribution in [0, 0.1) is 11.3 Å². The zero-order valence-electron chi connectivity index (χ0n) is 13.3. The number of nitrogens with zero attached hydrogens (tertiary/aromatic N) is 3. The molecule has 0 aromatic carbocycles. The summed E-state index contributed by atoms with van der Waals surface area (Å²) >= 11 is 0. The molecule has 3 heterocycles. The van der Waals surface area contributed by atoms with Crippen molar-refractivity contribution in [1.82, 2.24) is 15.1 Å². The Balaban J connectivity index is 2.09. The average molecular weight is 301 g/mol. The molecule has 0 amide bonds. The van der Waals surface area contributed by atoms with Crippen LogP contribution in [0.3, 0.4) is 0 Å². The number of allylic oxidation sites excluding steroid dienone is 1. The van der Waals surface area contributed by atoms with Crippen LogP contribution >= 0.6 is 0 Å². The minimum absolute atomic E-state index is 0.216. The number of nitriles is 1. The zero-order valence-corrected chi connectivity index (χ0v) is 13.3. The molecule has 1 saturated heterocycles. The second-order valence-corrected chi connectivity index (χ2v) is 6.32. The molecule has 0 bridgehead atoms. The molecule has 3 rings (SSSR count). The standard InChI is InChI=1S/C16H23N5O/c1-3-4-5-12-13-15(20-19-12)22-14(18)11(10-17)16(13)6-8-21(2)9-7-16/h3-9,18H2,1-2H3,(H,19,20). The number of rotatable bonds is 3. The Kier molecular flexibility index (Phi) is 3.83. The highest BCUT2D eigenvalue weighted by atomic mass is 16.5. The molecule has 0 radical (unpaired) electrons. The Bertz CT molecular complexity index is 631. The number of likely N-dealkylation sites (tertiary alicyclic amines) is 1. The van der Waals surface area contributed by atoms with Gasteiger partial charge in [-0.25, -0.2) is 0 Å². The first-order chi connectivity index (χ1) is 10.6. The third kappa shape index (κ3) is 2.17. The van der Waals surface area contributed by atoms with Gasteiger partial charge >= 0.3 is 0 Å². The molecule has 1 aromatic rings. The molecule has 1 fully saturated rings. The van der Waals surface area contributed by atoms with Crippen LogP contribution in [-0.4, -0.2) is 35.2 Å². The van der Waals surface area contributed by atoms with Gasteiger partial charge in [-0.2, -0.15) is 5.26 Å². The summed E-state index contributed by atoms with van der Waals surface area (Å²) in [6, 6.07) is 2.31. The van der Waals surface area contributed by atoms with E-state index in [9.17, 15) is 5.26 Å². The van der Waals surface area contributed by atoms with E-state index in [1.54, 1.807) is 0 Å². The van der Waals surface area contributed by atoms with E-state index in [-0.39, 0.29) is 11.3 Å². The van der Waals surface area contributed by atoms with Crippen LogP contribution in [0.15, 0.2) is 11.5 Å². The summed E-state index contributed by atoms with van der Waals surface area (Å²) in [6.45, 7) is 4.05. The van der Waals surface area contributed by atoms with Gasteiger partial charge in [-0.1, -0.05) is 13.3 Å².